The molecular formula is C18H23N3O. The molecule has 2 aromatic heterocycles. The van der Waals surface area contributed by atoms with Crippen LogP contribution in [0.25, 0.3) is 11.0 Å². The van der Waals surface area contributed by atoms with Gasteiger partial charge < -0.3 is 9.47 Å². The van der Waals surface area contributed by atoms with Crippen LogP contribution in [0.15, 0.2) is 24.5 Å². The molecule has 0 spiro atoms. The Hall–Kier alpha value is -1.68. The van der Waals surface area contributed by atoms with Crippen LogP contribution in [-0.2, 0) is 7.05 Å². The first-order valence-corrected chi connectivity index (χ1v) is 8.28. The van der Waals surface area contributed by atoms with Gasteiger partial charge in [0.2, 0.25) is 0 Å². The van der Waals surface area contributed by atoms with Gasteiger partial charge in [0, 0.05) is 48.9 Å². The van der Waals surface area contributed by atoms with Crippen LogP contribution in [0.2, 0.25) is 0 Å². The molecule has 4 heteroatoms. The van der Waals surface area contributed by atoms with Crippen molar-refractivity contribution in [2.75, 3.05) is 7.05 Å². The molecule has 2 atom stereocenters. The Kier molecular flexibility index (Phi) is 3.30. The highest BCUT2D eigenvalue weighted by Gasteiger charge is 2.39. The number of carbonyl (C=O) groups excluding carboxylic acids is 1. The number of aryl methyl sites for hydroxylation is 1. The second kappa shape index (κ2) is 5.20. The first-order chi connectivity index (χ1) is 10.6. The zero-order chi connectivity index (χ0) is 15.3. The van der Waals surface area contributed by atoms with Crippen LogP contribution in [0.5, 0.6) is 0 Å². The number of Topliss-reactive ketones (excluding diaryl/α,β-unsaturated/α-hetero) is 1. The first kappa shape index (κ1) is 13.9. The average molecular weight is 297 g/mol. The van der Waals surface area contributed by atoms with E-state index in [9.17, 15) is 4.79 Å². The van der Waals surface area contributed by atoms with E-state index in [-0.39, 0.29) is 5.78 Å². The smallest absolute Gasteiger partial charge is 0.165 e. The van der Waals surface area contributed by atoms with Crippen LogP contribution in [0.4, 0.5) is 0 Å². The molecule has 0 aromatic carbocycles. The Bertz CT molecular complexity index is 706. The SMILES string of the molecule is CN1C2CCC1CC(CC(=O)c1cn(C)c3ncccc13)C2. The van der Waals surface area contributed by atoms with Crippen molar-refractivity contribution >= 4 is 16.8 Å². The molecule has 2 aromatic rings. The minimum absolute atomic E-state index is 0.285. The molecule has 2 saturated heterocycles. The summed E-state index contributed by atoms with van der Waals surface area (Å²) in [6.45, 7) is 0. The summed E-state index contributed by atoms with van der Waals surface area (Å²) in [6, 6.07) is 5.32. The lowest BCUT2D eigenvalue weighted by Crippen LogP contribution is -2.40. The molecule has 0 radical (unpaired) electrons. The van der Waals surface area contributed by atoms with Crippen molar-refractivity contribution in [1.29, 1.82) is 0 Å². The molecule has 2 aliphatic rings. The van der Waals surface area contributed by atoms with Gasteiger partial charge in [-0.1, -0.05) is 0 Å². The molecule has 2 fully saturated rings. The Morgan fingerprint density at radius 2 is 2.00 bits per heavy atom. The van der Waals surface area contributed by atoms with Crippen molar-refractivity contribution in [2.24, 2.45) is 13.0 Å². The molecule has 4 nitrogen and oxygen atoms in total. The minimum Gasteiger partial charge on any atom is -0.335 e. The lowest BCUT2D eigenvalue weighted by Gasteiger charge is -2.36. The highest BCUT2D eigenvalue weighted by Crippen LogP contribution is 2.39. The van der Waals surface area contributed by atoms with Gasteiger partial charge in [-0.15, -0.1) is 0 Å². The molecule has 2 bridgehead atoms. The molecule has 0 saturated carbocycles. The van der Waals surface area contributed by atoms with Crippen molar-refractivity contribution in [3.05, 3.63) is 30.1 Å². The van der Waals surface area contributed by atoms with Crippen LogP contribution in [0.3, 0.4) is 0 Å². The van der Waals surface area contributed by atoms with Gasteiger partial charge in [-0.25, -0.2) is 4.98 Å². The Labute approximate surface area is 131 Å². The summed E-state index contributed by atoms with van der Waals surface area (Å²) in [5.74, 6) is 0.834. The van der Waals surface area contributed by atoms with Crippen LogP contribution in [0, 0.1) is 5.92 Å². The number of piperidine rings is 1. The van der Waals surface area contributed by atoms with Crippen LogP contribution >= 0.6 is 0 Å². The maximum Gasteiger partial charge on any atom is 0.165 e. The third kappa shape index (κ3) is 2.17. The van der Waals surface area contributed by atoms with Gasteiger partial charge in [0.05, 0.1) is 0 Å². The maximum atomic E-state index is 12.8. The monoisotopic (exact) mass is 297 g/mol. The normalized spacial score (nSPS) is 28.4. The molecule has 0 aliphatic carbocycles. The zero-order valence-electron chi connectivity index (χ0n) is 13.3. The fourth-order valence-electron chi connectivity index (χ4n) is 4.50. The predicted octanol–water partition coefficient (Wildman–Crippen LogP) is 3.02. The summed E-state index contributed by atoms with van der Waals surface area (Å²) in [4.78, 5) is 19.7. The van der Waals surface area contributed by atoms with Crippen molar-refractivity contribution in [3.63, 3.8) is 0 Å². The molecule has 22 heavy (non-hydrogen) atoms. The largest absolute Gasteiger partial charge is 0.335 e. The summed E-state index contributed by atoms with van der Waals surface area (Å²) in [5.41, 5.74) is 1.74. The van der Waals surface area contributed by atoms with Crippen LogP contribution in [-0.4, -0.2) is 39.4 Å². The molecule has 116 valence electrons. The van der Waals surface area contributed by atoms with Gasteiger partial charge in [0.25, 0.3) is 0 Å². The topological polar surface area (TPSA) is 38.1 Å². The van der Waals surface area contributed by atoms with Crippen LogP contribution in [0.1, 0.15) is 42.5 Å². The molecule has 0 amide bonds. The van der Waals surface area contributed by atoms with E-state index in [1.807, 2.05) is 29.9 Å². The summed E-state index contributed by atoms with van der Waals surface area (Å²) in [7, 11) is 4.21. The number of hydrogen-bond donors (Lipinski definition) is 0. The third-order valence-corrected chi connectivity index (χ3v) is 5.70. The number of pyridine rings is 1. The lowest BCUT2D eigenvalue weighted by molar-refractivity contribution is 0.0884. The van der Waals surface area contributed by atoms with Crippen molar-refractivity contribution in [1.82, 2.24) is 14.5 Å². The second-order valence-corrected chi connectivity index (χ2v) is 7.04. The Morgan fingerprint density at radius 1 is 1.27 bits per heavy atom. The van der Waals surface area contributed by atoms with E-state index in [1.54, 1.807) is 6.20 Å². The van der Waals surface area contributed by atoms with E-state index >= 15 is 0 Å². The van der Waals surface area contributed by atoms with Gasteiger partial charge in [0.1, 0.15) is 5.65 Å². The predicted molar refractivity (Wildman–Crippen MR) is 87.0 cm³/mol. The van der Waals surface area contributed by atoms with Crippen molar-refractivity contribution < 1.29 is 4.79 Å². The van der Waals surface area contributed by atoms with E-state index in [4.69, 9.17) is 0 Å². The number of hydrogen-bond acceptors (Lipinski definition) is 3. The average Bonchev–Trinajstić information content (AvgIpc) is 2.93. The third-order valence-electron chi connectivity index (χ3n) is 5.70. The number of rotatable bonds is 3. The standard InChI is InChI=1S/C18H23N3O/c1-20-11-16(15-4-3-7-19-18(15)20)17(22)10-12-8-13-5-6-14(9-12)21(13)2/h3-4,7,11-14H,5-6,8-10H2,1-2H3. The maximum absolute atomic E-state index is 12.8. The molecule has 0 N–H and O–H groups in total. The van der Waals surface area contributed by atoms with Crippen LogP contribution < -0.4 is 0 Å². The van der Waals surface area contributed by atoms with E-state index < -0.39 is 0 Å². The van der Waals surface area contributed by atoms with Crippen molar-refractivity contribution in [3.8, 4) is 0 Å². The first-order valence-electron chi connectivity index (χ1n) is 8.28. The van der Waals surface area contributed by atoms with E-state index in [2.05, 4.69) is 16.9 Å². The number of ketones is 1. The Balaban J connectivity index is 1.55. The molecule has 4 heterocycles. The summed E-state index contributed by atoms with van der Waals surface area (Å²) < 4.78 is 1.96. The Morgan fingerprint density at radius 3 is 2.73 bits per heavy atom. The fraction of sp³-hybridized carbons (Fsp3) is 0.556. The zero-order valence-corrected chi connectivity index (χ0v) is 13.3. The highest BCUT2D eigenvalue weighted by molar-refractivity contribution is 6.07. The summed E-state index contributed by atoms with van der Waals surface area (Å²) in [5, 5.41) is 0.992. The minimum atomic E-state index is 0.285. The van der Waals surface area contributed by atoms with E-state index in [0.717, 1.165) is 16.6 Å². The number of aromatic nitrogens is 2. The van der Waals surface area contributed by atoms with E-state index in [1.165, 1.54) is 25.7 Å². The van der Waals surface area contributed by atoms with E-state index in [0.29, 0.717) is 24.4 Å². The molecule has 4 rings (SSSR count). The quantitative estimate of drug-likeness (QED) is 0.817. The fourth-order valence-corrected chi connectivity index (χ4v) is 4.50. The summed E-state index contributed by atoms with van der Waals surface area (Å²) >= 11 is 0. The number of nitrogens with zero attached hydrogens (tertiary/aromatic N) is 3. The molecule has 2 unspecified atom stereocenters. The van der Waals surface area contributed by atoms with Gasteiger partial charge in [-0.2, -0.15) is 0 Å². The molecule has 2 aliphatic heterocycles. The highest BCUT2D eigenvalue weighted by atomic mass is 16.1. The molecular weight excluding hydrogens is 274 g/mol. The van der Waals surface area contributed by atoms with Gasteiger partial charge in [0.15, 0.2) is 5.78 Å². The number of fused-ring (bicyclic) bond motifs is 3. The van der Waals surface area contributed by atoms with Gasteiger partial charge >= 0.3 is 0 Å². The number of carbonyl (C=O) groups is 1. The summed E-state index contributed by atoms with van der Waals surface area (Å²) in [6.07, 6.45) is 9.40. The lowest BCUT2D eigenvalue weighted by atomic mass is 9.86. The second-order valence-electron chi connectivity index (χ2n) is 7.04. The van der Waals surface area contributed by atoms with Crippen molar-refractivity contribution in [2.45, 2.75) is 44.2 Å². The van der Waals surface area contributed by atoms with Gasteiger partial charge in [-0.3, -0.25) is 4.79 Å². The van der Waals surface area contributed by atoms with Gasteiger partial charge in [-0.05, 0) is 50.8 Å².